The minimum Gasteiger partial charge on any atom is -0.272 e. The summed E-state index contributed by atoms with van der Waals surface area (Å²) in [6.45, 7) is 0. The van der Waals surface area contributed by atoms with Crippen molar-refractivity contribution in [1.82, 2.24) is 20.2 Å². The zero-order valence-electron chi connectivity index (χ0n) is 19.8. The number of halogens is 2. The zero-order valence-corrected chi connectivity index (χ0v) is 22.1. The van der Waals surface area contributed by atoms with Crippen LogP contribution in [0.3, 0.4) is 0 Å². The summed E-state index contributed by atoms with van der Waals surface area (Å²) in [5.41, 5.74) is 4.71. The minimum absolute atomic E-state index is 0.0404. The molecule has 2 aromatic rings. The summed E-state index contributed by atoms with van der Waals surface area (Å²) in [5, 5.41) is 15.6. The quantitative estimate of drug-likeness (QED) is 0.337. The molecule has 186 valence electrons. The van der Waals surface area contributed by atoms with Crippen molar-refractivity contribution in [1.29, 1.82) is 0 Å². The van der Waals surface area contributed by atoms with Gasteiger partial charge in [0, 0.05) is 16.1 Å². The first-order valence-corrected chi connectivity index (χ1v) is 14.6. The van der Waals surface area contributed by atoms with Crippen molar-refractivity contribution in [3.63, 3.8) is 0 Å². The number of carbonyl (C=O) groups excluding carboxylic acids is 1. The monoisotopic (exact) mass is 531 g/mol. The average Bonchev–Trinajstić information content (AvgIpc) is 3.26. The standard InChI is InChI=1S/C26H31Cl2N5OS/c27-19-6-7-22(21(28)11-19)33-24(26-12-16-8-17(13-26)10-18(9-16)14-26)31-32-25(33)35-15-23(34)30-29-20-4-2-1-3-5-20/h6-7,11,16-18H,1-5,8-10,12-15H2,(H,30,34). The topological polar surface area (TPSA) is 72.2 Å². The maximum absolute atomic E-state index is 12.6. The molecule has 5 aliphatic carbocycles. The van der Waals surface area contributed by atoms with Gasteiger partial charge in [0.25, 0.3) is 5.91 Å². The van der Waals surface area contributed by atoms with Crippen molar-refractivity contribution >= 4 is 46.6 Å². The molecule has 1 heterocycles. The number of rotatable bonds is 6. The van der Waals surface area contributed by atoms with Crippen LogP contribution >= 0.6 is 35.0 Å². The highest BCUT2D eigenvalue weighted by atomic mass is 35.5. The van der Waals surface area contributed by atoms with Crippen molar-refractivity contribution in [3.05, 3.63) is 34.1 Å². The summed E-state index contributed by atoms with van der Waals surface area (Å²) in [7, 11) is 0. The summed E-state index contributed by atoms with van der Waals surface area (Å²) < 4.78 is 2.11. The van der Waals surface area contributed by atoms with Gasteiger partial charge in [0.2, 0.25) is 0 Å². The van der Waals surface area contributed by atoms with Gasteiger partial charge >= 0.3 is 0 Å². The Bertz CT molecular complexity index is 1120. The fourth-order valence-electron chi connectivity index (χ4n) is 7.35. The molecule has 5 fully saturated rings. The number of nitrogens with zero attached hydrogens (tertiary/aromatic N) is 4. The number of carbonyl (C=O) groups is 1. The summed E-state index contributed by atoms with van der Waals surface area (Å²) in [4.78, 5) is 12.6. The molecule has 7 rings (SSSR count). The second-order valence-corrected chi connectivity index (χ2v) is 12.8. The molecule has 0 saturated heterocycles. The van der Waals surface area contributed by atoms with E-state index in [0.717, 1.165) is 60.7 Å². The maximum Gasteiger partial charge on any atom is 0.250 e. The van der Waals surface area contributed by atoms with Crippen molar-refractivity contribution < 1.29 is 4.79 Å². The molecule has 5 saturated carbocycles. The van der Waals surface area contributed by atoms with Gasteiger partial charge in [-0.05, 0) is 100 Å². The highest BCUT2D eigenvalue weighted by Gasteiger charge is 2.54. The van der Waals surface area contributed by atoms with Crippen LogP contribution in [0.1, 0.15) is 76.5 Å². The van der Waals surface area contributed by atoms with E-state index in [-0.39, 0.29) is 17.1 Å². The van der Waals surface area contributed by atoms with Crippen LogP contribution in [0.15, 0.2) is 28.5 Å². The maximum atomic E-state index is 12.6. The average molecular weight is 533 g/mol. The van der Waals surface area contributed by atoms with Crippen LogP contribution < -0.4 is 5.43 Å². The molecule has 4 bridgehead atoms. The number of hydrazone groups is 1. The van der Waals surface area contributed by atoms with E-state index < -0.39 is 0 Å². The van der Waals surface area contributed by atoms with Gasteiger partial charge in [-0.15, -0.1) is 10.2 Å². The Labute approximate surface area is 220 Å². The number of hydrogen-bond donors (Lipinski definition) is 1. The largest absolute Gasteiger partial charge is 0.272 e. The molecule has 6 nitrogen and oxygen atoms in total. The molecule has 0 aliphatic heterocycles. The number of benzene rings is 1. The summed E-state index contributed by atoms with van der Waals surface area (Å²) in [6.07, 6.45) is 13.1. The van der Waals surface area contributed by atoms with E-state index in [0.29, 0.717) is 15.2 Å². The Morgan fingerprint density at radius 3 is 2.40 bits per heavy atom. The first-order valence-electron chi connectivity index (χ1n) is 12.9. The smallest absolute Gasteiger partial charge is 0.250 e. The van der Waals surface area contributed by atoms with Crippen LogP contribution in [0.5, 0.6) is 0 Å². The molecule has 0 spiro atoms. The Morgan fingerprint density at radius 1 is 1.06 bits per heavy atom. The normalized spacial score (nSPS) is 29.4. The van der Waals surface area contributed by atoms with E-state index in [4.69, 9.17) is 28.3 Å². The molecule has 0 unspecified atom stereocenters. The van der Waals surface area contributed by atoms with Crippen LogP contribution in [0.4, 0.5) is 0 Å². The minimum atomic E-state index is -0.124. The summed E-state index contributed by atoms with van der Waals surface area (Å²) in [5.74, 6) is 3.46. The van der Waals surface area contributed by atoms with Crippen LogP contribution in [-0.4, -0.2) is 32.1 Å². The molecular formula is C26H31Cl2N5OS. The van der Waals surface area contributed by atoms with E-state index in [9.17, 15) is 4.79 Å². The van der Waals surface area contributed by atoms with Crippen molar-refractivity contribution in [2.75, 3.05) is 5.75 Å². The lowest BCUT2D eigenvalue weighted by atomic mass is 9.49. The van der Waals surface area contributed by atoms with Crippen molar-refractivity contribution in [2.24, 2.45) is 22.9 Å². The molecule has 1 N–H and O–H groups in total. The molecule has 35 heavy (non-hydrogen) atoms. The summed E-state index contributed by atoms with van der Waals surface area (Å²) >= 11 is 14.3. The number of hydrogen-bond acceptors (Lipinski definition) is 5. The lowest BCUT2D eigenvalue weighted by Crippen LogP contribution is -2.49. The third-order valence-corrected chi connectivity index (χ3v) is 9.87. The number of aromatic nitrogens is 3. The number of nitrogens with one attached hydrogen (secondary N) is 1. The van der Waals surface area contributed by atoms with Crippen LogP contribution in [-0.2, 0) is 10.2 Å². The van der Waals surface area contributed by atoms with Gasteiger partial charge in [0.15, 0.2) is 5.16 Å². The second kappa shape index (κ2) is 9.71. The molecule has 1 amide bonds. The van der Waals surface area contributed by atoms with Gasteiger partial charge in [0.05, 0.1) is 16.5 Å². The van der Waals surface area contributed by atoms with E-state index in [1.54, 1.807) is 6.07 Å². The summed E-state index contributed by atoms with van der Waals surface area (Å²) in [6, 6.07) is 5.56. The molecule has 9 heteroatoms. The highest BCUT2D eigenvalue weighted by molar-refractivity contribution is 7.99. The fraction of sp³-hybridized carbons (Fsp3) is 0.615. The SMILES string of the molecule is O=C(CSc1nnc(C23CC4CC(CC(C4)C2)C3)n1-c1ccc(Cl)cc1Cl)NN=C1CCCCC1. The van der Waals surface area contributed by atoms with E-state index in [1.165, 1.54) is 56.7 Å². The molecule has 1 aromatic carbocycles. The predicted octanol–water partition coefficient (Wildman–Crippen LogP) is 6.57. The van der Waals surface area contributed by atoms with Gasteiger partial charge < -0.3 is 0 Å². The Morgan fingerprint density at radius 2 is 1.74 bits per heavy atom. The predicted molar refractivity (Wildman–Crippen MR) is 141 cm³/mol. The molecular weight excluding hydrogens is 501 g/mol. The Balaban J connectivity index is 1.29. The van der Waals surface area contributed by atoms with Crippen LogP contribution in [0.25, 0.3) is 5.69 Å². The van der Waals surface area contributed by atoms with Crippen molar-refractivity contribution in [3.8, 4) is 5.69 Å². The number of amides is 1. The molecule has 1 aromatic heterocycles. The number of thioether (sulfide) groups is 1. The van der Waals surface area contributed by atoms with Gasteiger partial charge in [-0.1, -0.05) is 41.4 Å². The first-order chi connectivity index (χ1) is 17.0. The highest BCUT2D eigenvalue weighted by Crippen LogP contribution is 2.60. The third kappa shape index (κ3) is 4.76. The van der Waals surface area contributed by atoms with Crippen molar-refractivity contribution in [2.45, 2.75) is 81.2 Å². The van der Waals surface area contributed by atoms with E-state index >= 15 is 0 Å². The van der Waals surface area contributed by atoms with Crippen LogP contribution in [0.2, 0.25) is 10.0 Å². The van der Waals surface area contributed by atoms with Crippen LogP contribution in [0, 0.1) is 17.8 Å². The Hall–Kier alpha value is -1.57. The van der Waals surface area contributed by atoms with Gasteiger partial charge in [0.1, 0.15) is 5.82 Å². The van der Waals surface area contributed by atoms with Gasteiger partial charge in [-0.25, -0.2) is 5.43 Å². The van der Waals surface area contributed by atoms with E-state index in [2.05, 4.69) is 20.2 Å². The molecule has 0 atom stereocenters. The zero-order chi connectivity index (χ0) is 24.0. The lowest BCUT2D eigenvalue weighted by Gasteiger charge is -2.56. The first kappa shape index (κ1) is 23.8. The second-order valence-electron chi connectivity index (χ2n) is 11.0. The molecule has 0 radical (unpaired) electrons. The van der Waals surface area contributed by atoms with E-state index in [1.807, 2.05) is 12.1 Å². The fourth-order valence-corrected chi connectivity index (χ4v) is 8.58. The third-order valence-electron chi connectivity index (χ3n) is 8.40. The van der Waals surface area contributed by atoms with Gasteiger partial charge in [-0.3, -0.25) is 9.36 Å². The lowest BCUT2D eigenvalue weighted by molar-refractivity contribution is -0.118. The molecule has 5 aliphatic rings. The van der Waals surface area contributed by atoms with Gasteiger partial charge in [-0.2, -0.15) is 5.10 Å². The Kier molecular flexibility index (Phi) is 6.61.